The maximum Gasteiger partial charge on any atom is 0.124 e. The summed E-state index contributed by atoms with van der Waals surface area (Å²) in [5, 5.41) is 9.98. The van der Waals surface area contributed by atoms with E-state index in [4.69, 9.17) is 16.3 Å². The number of aliphatic hydroxyl groups excluding tert-OH is 1. The first-order valence-electron chi connectivity index (χ1n) is 4.86. The van der Waals surface area contributed by atoms with Crippen LogP contribution in [0.3, 0.4) is 0 Å². The third kappa shape index (κ3) is 3.78. The molecule has 15 heavy (non-hydrogen) atoms. The number of halogens is 2. The predicted molar refractivity (Wildman–Crippen MR) is 57.5 cm³/mol. The molecule has 0 spiro atoms. The lowest BCUT2D eigenvalue weighted by atomic mass is 10.1. The minimum absolute atomic E-state index is 0.249. The van der Waals surface area contributed by atoms with E-state index in [0.717, 1.165) is 0 Å². The Morgan fingerprint density at radius 3 is 2.87 bits per heavy atom. The van der Waals surface area contributed by atoms with Crippen molar-refractivity contribution >= 4 is 11.6 Å². The molecule has 0 aliphatic carbocycles. The van der Waals surface area contributed by atoms with Crippen LogP contribution < -0.4 is 0 Å². The number of ether oxygens (including phenoxy) is 1. The number of benzene rings is 1. The highest BCUT2D eigenvalue weighted by atomic mass is 35.5. The summed E-state index contributed by atoms with van der Waals surface area (Å²) >= 11 is 5.80. The molecule has 0 aliphatic heterocycles. The van der Waals surface area contributed by atoms with Gasteiger partial charge >= 0.3 is 0 Å². The highest BCUT2D eigenvalue weighted by Gasteiger charge is 2.11. The van der Waals surface area contributed by atoms with E-state index in [9.17, 15) is 9.50 Å². The maximum absolute atomic E-state index is 12.7. The van der Waals surface area contributed by atoms with Gasteiger partial charge in [-0.05, 0) is 24.6 Å². The Morgan fingerprint density at radius 2 is 2.27 bits per heavy atom. The molecule has 84 valence electrons. The highest BCUT2D eigenvalue weighted by Crippen LogP contribution is 2.25. The van der Waals surface area contributed by atoms with Crippen LogP contribution in [0.4, 0.5) is 4.39 Å². The van der Waals surface area contributed by atoms with Crippen LogP contribution in [0.2, 0.25) is 5.02 Å². The molecule has 0 radical (unpaired) electrons. The molecule has 0 aliphatic rings. The summed E-state index contributed by atoms with van der Waals surface area (Å²) in [6, 6.07) is 3.97. The second-order valence-electron chi connectivity index (χ2n) is 3.17. The second kappa shape index (κ2) is 6.05. The van der Waals surface area contributed by atoms with E-state index >= 15 is 0 Å². The van der Waals surface area contributed by atoms with Gasteiger partial charge in [0, 0.05) is 24.7 Å². The van der Waals surface area contributed by atoms with E-state index in [1.165, 1.54) is 18.2 Å². The van der Waals surface area contributed by atoms with Gasteiger partial charge in [0.05, 0.1) is 6.10 Å². The SMILES string of the molecule is CCOCCC(O)c1ccc(F)cc1Cl. The van der Waals surface area contributed by atoms with Crippen molar-refractivity contribution in [3.63, 3.8) is 0 Å². The molecule has 1 N–H and O–H groups in total. The average Bonchev–Trinajstić information content (AvgIpc) is 2.17. The van der Waals surface area contributed by atoms with E-state index in [-0.39, 0.29) is 5.02 Å². The molecule has 2 nitrogen and oxygen atoms in total. The number of aliphatic hydroxyl groups is 1. The molecule has 0 saturated carbocycles. The van der Waals surface area contributed by atoms with Gasteiger partial charge in [0.25, 0.3) is 0 Å². The summed E-state index contributed by atoms with van der Waals surface area (Å²) in [5.41, 5.74) is 0.540. The first-order valence-corrected chi connectivity index (χ1v) is 5.23. The molecule has 0 fully saturated rings. The van der Waals surface area contributed by atoms with Crippen molar-refractivity contribution in [2.45, 2.75) is 19.4 Å². The van der Waals surface area contributed by atoms with Gasteiger partial charge in [-0.3, -0.25) is 0 Å². The largest absolute Gasteiger partial charge is 0.388 e. The molecule has 1 aromatic carbocycles. The second-order valence-corrected chi connectivity index (χ2v) is 3.57. The summed E-state index contributed by atoms with van der Waals surface area (Å²) in [6.07, 6.45) is -0.246. The Morgan fingerprint density at radius 1 is 1.53 bits per heavy atom. The lowest BCUT2D eigenvalue weighted by Gasteiger charge is -2.12. The third-order valence-corrected chi connectivity index (χ3v) is 2.39. The van der Waals surface area contributed by atoms with Crippen LogP contribution in [0.25, 0.3) is 0 Å². The van der Waals surface area contributed by atoms with Crippen molar-refractivity contribution in [1.29, 1.82) is 0 Å². The van der Waals surface area contributed by atoms with Crippen LogP contribution in [0, 0.1) is 5.82 Å². The molecule has 0 saturated heterocycles. The van der Waals surface area contributed by atoms with Gasteiger partial charge < -0.3 is 9.84 Å². The van der Waals surface area contributed by atoms with Gasteiger partial charge in [-0.2, -0.15) is 0 Å². The minimum Gasteiger partial charge on any atom is -0.388 e. The molecular weight excluding hydrogens is 219 g/mol. The van der Waals surface area contributed by atoms with Gasteiger partial charge in [-0.25, -0.2) is 4.39 Å². The van der Waals surface area contributed by atoms with Crippen molar-refractivity contribution in [2.75, 3.05) is 13.2 Å². The van der Waals surface area contributed by atoms with E-state index in [0.29, 0.717) is 25.2 Å². The number of hydrogen-bond donors (Lipinski definition) is 1. The van der Waals surface area contributed by atoms with E-state index in [1.54, 1.807) is 0 Å². The molecule has 0 bridgehead atoms. The van der Waals surface area contributed by atoms with Crippen molar-refractivity contribution in [2.24, 2.45) is 0 Å². The van der Waals surface area contributed by atoms with Crippen LogP contribution in [-0.2, 0) is 4.74 Å². The first kappa shape index (κ1) is 12.4. The summed E-state index contributed by atoms with van der Waals surface area (Å²) < 4.78 is 17.8. The van der Waals surface area contributed by atoms with Crippen molar-refractivity contribution in [3.8, 4) is 0 Å². The first-order chi connectivity index (χ1) is 7.15. The van der Waals surface area contributed by atoms with Crippen LogP contribution in [0.1, 0.15) is 25.0 Å². The quantitative estimate of drug-likeness (QED) is 0.791. The van der Waals surface area contributed by atoms with Crippen molar-refractivity contribution in [1.82, 2.24) is 0 Å². The molecule has 4 heteroatoms. The van der Waals surface area contributed by atoms with E-state index < -0.39 is 11.9 Å². The van der Waals surface area contributed by atoms with Crippen molar-refractivity contribution in [3.05, 3.63) is 34.6 Å². The van der Waals surface area contributed by atoms with Crippen LogP contribution in [-0.4, -0.2) is 18.3 Å². The molecule has 0 aromatic heterocycles. The number of hydrogen-bond acceptors (Lipinski definition) is 2. The summed E-state index contributed by atoms with van der Waals surface area (Å²) in [6.45, 7) is 2.96. The molecule has 0 heterocycles. The van der Waals surface area contributed by atoms with E-state index in [2.05, 4.69) is 0 Å². The fourth-order valence-electron chi connectivity index (χ4n) is 1.27. The molecule has 1 aromatic rings. The zero-order chi connectivity index (χ0) is 11.3. The zero-order valence-corrected chi connectivity index (χ0v) is 9.30. The zero-order valence-electron chi connectivity index (χ0n) is 8.54. The van der Waals surface area contributed by atoms with Gasteiger partial charge in [-0.15, -0.1) is 0 Å². The Bertz CT molecular complexity index is 317. The fourth-order valence-corrected chi connectivity index (χ4v) is 1.56. The summed E-state index contributed by atoms with van der Waals surface area (Å²) in [4.78, 5) is 0. The van der Waals surface area contributed by atoms with Gasteiger partial charge in [0.15, 0.2) is 0 Å². The molecule has 1 rings (SSSR count). The molecule has 1 unspecified atom stereocenters. The molecular formula is C11H14ClFO2. The average molecular weight is 233 g/mol. The Balaban J connectivity index is 2.61. The normalized spacial score (nSPS) is 12.8. The smallest absolute Gasteiger partial charge is 0.124 e. The minimum atomic E-state index is -0.704. The standard InChI is InChI=1S/C11H14ClFO2/c1-2-15-6-5-11(14)9-4-3-8(13)7-10(9)12/h3-4,7,11,14H,2,5-6H2,1H3. The van der Waals surface area contributed by atoms with Gasteiger partial charge in [0.2, 0.25) is 0 Å². The number of rotatable bonds is 5. The van der Waals surface area contributed by atoms with Gasteiger partial charge in [-0.1, -0.05) is 17.7 Å². The Hall–Kier alpha value is -0.640. The van der Waals surface area contributed by atoms with E-state index in [1.807, 2.05) is 6.92 Å². The topological polar surface area (TPSA) is 29.5 Å². The fraction of sp³-hybridized carbons (Fsp3) is 0.455. The molecule has 0 amide bonds. The Labute approximate surface area is 93.6 Å². The third-order valence-electron chi connectivity index (χ3n) is 2.06. The maximum atomic E-state index is 12.7. The lowest BCUT2D eigenvalue weighted by molar-refractivity contribution is 0.0886. The van der Waals surface area contributed by atoms with Crippen LogP contribution in [0.15, 0.2) is 18.2 Å². The van der Waals surface area contributed by atoms with Crippen LogP contribution in [0.5, 0.6) is 0 Å². The predicted octanol–water partition coefficient (Wildman–Crippen LogP) is 2.94. The molecule has 1 atom stereocenters. The monoisotopic (exact) mass is 232 g/mol. The summed E-state index contributed by atoms with van der Waals surface area (Å²) in [5.74, 6) is -0.402. The van der Waals surface area contributed by atoms with Crippen LogP contribution >= 0.6 is 11.6 Å². The lowest BCUT2D eigenvalue weighted by Crippen LogP contribution is -2.04. The Kier molecular flexibility index (Phi) is 5.02. The summed E-state index contributed by atoms with van der Waals surface area (Å²) in [7, 11) is 0. The van der Waals surface area contributed by atoms with Crippen molar-refractivity contribution < 1.29 is 14.2 Å². The van der Waals surface area contributed by atoms with Gasteiger partial charge in [0.1, 0.15) is 5.82 Å². The highest BCUT2D eigenvalue weighted by molar-refractivity contribution is 6.31.